The van der Waals surface area contributed by atoms with Crippen LogP contribution in [-0.4, -0.2) is 59.1 Å². The topological polar surface area (TPSA) is 118 Å². The number of nitrogens with one attached hydrogen (secondary N) is 1. The van der Waals surface area contributed by atoms with E-state index in [1.54, 1.807) is 25.4 Å². The Kier molecular flexibility index (Phi) is 4.50. The summed E-state index contributed by atoms with van der Waals surface area (Å²) in [7, 11) is -3.32. The maximum Gasteiger partial charge on any atom is 0.253 e. The van der Waals surface area contributed by atoms with E-state index in [-0.39, 0.29) is 24.4 Å². The Balaban J connectivity index is 1.58. The first-order valence-electron chi connectivity index (χ1n) is 9.16. The highest BCUT2D eigenvalue weighted by Gasteiger charge is 2.59. The third-order valence-corrected chi connectivity index (χ3v) is 6.95. The van der Waals surface area contributed by atoms with E-state index in [1.807, 2.05) is 6.92 Å². The van der Waals surface area contributed by atoms with Crippen LogP contribution in [0.4, 0.5) is 0 Å². The minimum Gasteiger partial charge on any atom is -0.349 e. The molecular weight excluding hydrogens is 382 g/mol. The number of amides is 1. The molecule has 3 heterocycles. The van der Waals surface area contributed by atoms with Gasteiger partial charge in [-0.2, -0.15) is 4.98 Å². The zero-order valence-corrected chi connectivity index (χ0v) is 16.9. The lowest BCUT2D eigenvalue weighted by molar-refractivity contribution is 0.0934. The van der Waals surface area contributed by atoms with Crippen LogP contribution < -0.4 is 5.32 Å². The molecule has 0 spiro atoms. The maximum absolute atomic E-state index is 12.6. The lowest BCUT2D eigenvalue weighted by atomic mass is 9.80. The van der Waals surface area contributed by atoms with Gasteiger partial charge in [0.1, 0.15) is 0 Å². The lowest BCUT2D eigenvalue weighted by Gasteiger charge is -2.24. The summed E-state index contributed by atoms with van der Waals surface area (Å²) in [4.78, 5) is 21.1. The van der Waals surface area contributed by atoms with Crippen molar-refractivity contribution in [1.29, 1.82) is 0 Å². The van der Waals surface area contributed by atoms with Gasteiger partial charge >= 0.3 is 0 Å². The summed E-state index contributed by atoms with van der Waals surface area (Å²) in [6, 6.07) is 1.69. The number of sulfonamides is 1. The highest BCUT2D eigenvalue weighted by Crippen LogP contribution is 2.50. The first kappa shape index (κ1) is 19.0. The molecule has 0 aromatic carbocycles. The van der Waals surface area contributed by atoms with Crippen LogP contribution in [0.25, 0.3) is 0 Å². The number of carbonyl (C=O) groups is 1. The molecule has 1 N–H and O–H groups in total. The van der Waals surface area contributed by atoms with Crippen molar-refractivity contribution in [3.8, 4) is 0 Å². The molecule has 2 aliphatic rings. The molecule has 4 rings (SSSR count). The van der Waals surface area contributed by atoms with Gasteiger partial charge < -0.3 is 9.84 Å². The minimum absolute atomic E-state index is 0.00279. The van der Waals surface area contributed by atoms with E-state index in [2.05, 4.69) is 20.4 Å². The largest absolute Gasteiger partial charge is 0.349 e. The number of hydrogen-bond donors (Lipinski definition) is 1. The fraction of sp³-hybridized carbons (Fsp3) is 0.556. The molecule has 1 aliphatic heterocycles. The van der Waals surface area contributed by atoms with Gasteiger partial charge in [-0.05, 0) is 44.2 Å². The van der Waals surface area contributed by atoms with Gasteiger partial charge in [0.2, 0.25) is 15.9 Å². The molecule has 10 heteroatoms. The maximum atomic E-state index is 12.6. The van der Waals surface area contributed by atoms with Crippen molar-refractivity contribution in [2.45, 2.75) is 38.1 Å². The van der Waals surface area contributed by atoms with E-state index < -0.39 is 15.4 Å². The molecule has 1 saturated heterocycles. The summed E-state index contributed by atoms with van der Waals surface area (Å²) < 4.78 is 31.1. The second kappa shape index (κ2) is 6.63. The number of hydrogen-bond acceptors (Lipinski definition) is 7. The van der Waals surface area contributed by atoms with Gasteiger partial charge in [0.15, 0.2) is 5.82 Å². The molecule has 3 atom stereocenters. The van der Waals surface area contributed by atoms with Crippen molar-refractivity contribution < 1.29 is 17.7 Å². The van der Waals surface area contributed by atoms with E-state index in [9.17, 15) is 13.2 Å². The molecule has 2 fully saturated rings. The number of aromatic nitrogens is 3. The van der Waals surface area contributed by atoms with Crippen molar-refractivity contribution >= 4 is 15.9 Å². The zero-order valence-electron chi connectivity index (χ0n) is 16.0. The Bertz CT molecular complexity index is 1020. The van der Waals surface area contributed by atoms with Crippen LogP contribution in [0.5, 0.6) is 0 Å². The third kappa shape index (κ3) is 3.30. The summed E-state index contributed by atoms with van der Waals surface area (Å²) in [6.07, 6.45) is 5.66. The number of nitrogens with zero attached hydrogens (tertiary/aromatic N) is 4. The van der Waals surface area contributed by atoms with Gasteiger partial charge in [-0.15, -0.1) is 0 Å². The van der Waals surface area contributed by atoms with Crippen molar-refractivity contribution in [2.24, 2.45) is 5.92 Å². The third-order valence-electron chi connectivity index (χ3n) is 5.74. The van der Waals surface area contributed by atoms with E-state index in [0.717, 1.165) is 5.56 Å². The van der Waals surface area contributed by atoms with Crippen LogP contribution in [0.2, 0.25) is 0 Å². The standard InChI is InChI=1S/C18H23N5O4S/c1-11-4-13(8-19-7-11)16(24)21-15-5-14-9-23(28(3,25)26)10-18(14,6-15)17-20-12(2)22-27-17/h4,7-8,14-15H,5-6,9-10H2,1-3H3,(H,21,24)/t14-,15+,18-/m0/s1. The molecule has 28 heavy (non-hydrogen) atoms. The summed E-state index contributed by atoms with van der Waals surface area (Å²) in [5.41, 5.74) is 0.850. The predicted molar refractivity (Wildman–Crippen MR) is 100 cm³/mol. The number of fused-ring (bicyclic) bond motifs is 1. The second-order valence-corrected chi connectivity index (χ2v) is 9.90. The predicted octanol–water partition coefficient (Wildman–Crippen LogP) is 0.803. The van der Waals surface area contributed by atoms with Gasteiger partial charge in [-0.25, -0.2) is 12.7 Å². The van der Waals surface area contributed by atoms with Crippen LogP contribution in [0.3, 0.4) is 0 Å². The molecular formula is C18H23N5O4S. The van der Waals surface area contributed by atoms with Crippen LogP contribution in [0.1, 0.15) is 40.5 Å². The first-order valence-corrected chi connectivity index (χ1v) is 11.0. The molecule has 1 saturated carbocycles. The van der Waals surface area contributed by atoms with Crippen molar-refractivity contribution in [1.82, 2.24) is 24.7 Å². The van der Waals surface area contributed by atoms with Crippen LogP contribution in [-0.2, 0) is 15.4 Å². The van der Waals surface area contributed by atoms with E-state index in [4.69, 9.17) is 4.52 Å². The van der Waals surface area contributed by atoms with Gasteiger partial charge in [0, 0.05) is 31.5 Å². The molecule has 0 unspecified atom stereocenters. The fourth-order valence-corrected chi connectivity index (χ4v) is 5.38. The van der Waals surface area contributed by atoms with E-state index in [1.165, 1.54) is 10.6 Å². The molecule has 2 aromatic rings. The summed E-state index contributed by atoms with van der Waals surface area (Å²) in [5.74, 6) is 0.787. The van der Waals surface area contributed by atoms with Crippen molar-refractivity contribution in [3.05, 3.63) is 41.3 Å². The Morgan fingerprint density at radius 3 is 2.79 bits per heavy atom. The van der Waals surface area contributed by atoms with Crippen LogP contribution in [0.15, 0.2) is 23.0 Å². The fourth-order valence-electron chi connectivity index (χ4n) is 4.47. The average Bonchev–Trinajstić information content (AvgIpc) is 3.26. The second-order valence-electron chi connectivity index (χ2n) is 7.92. The van der Waals surface area contributed by atoms with Gasteiger partial charge in [0.25, 0.3) is 5.91 Å². The quantitative estimate of drug-likeness (QED) is 0.799. The van der Waals surface area contributed by atoms with Crippen molar-refractivity contribution in [2.75, 3.05) is 19.3 Å². The molecule has 9 nitrogen and oxygen atoms in total. The SMILES string of the molecule is Cc1cncc(C(=O)N[C@@H]2C[C@H]3CN(S(C)(=O)=O)C[C@@]3(c3nc(C)no3)C2)c1. The Morgan fingerprint density at radius 1 is 1.36 bits per heavy atom. The minimum atomic E-state index is -3.32. The summed E-state index contributed by atoms with van der Waals surface area (Å²) in [5, 5.41) is 6.97. The van der Waals surface area contributed by atoms with Crippen molar-refractivity contribution in [3.63, 3.8) is 0 Å². The number of rotatable bonds is 4. The zero-order chi connectivity index (χ0) is 20.1. The molecule has 1 aliphatic carbocycles. The van der Waals surface area contributed by atoms with E-state index >= 15 is 0 Å². The molecule has 2 aromatic heterocycles. The Morgan fingerprint density at radius 2 is 2.14 bits per heavy atom. The number of carbonyl (C=O) groups excluding carboxylic acids is 1. The molecule has 1 amide bonds. The normalized spacial score (nSPS) is 27.7. The Labute approximate surface area is 163 Å². The molecule has 0 radical (unpaired) electrons. The number of pyridine rings is 1. The smallest absolute Gasteiger partial charge is 0.253 e. The highest BCUT2D eigenvalue weighted by molar-refractivity contribution is 7.88. The Hall–Kier alpha value is -2.33. The number of aryl methyl sites for hydroxylation is 2. The summed E-state index contributed by atoms with van der Waals surface area (Å²) in [6.45, 7) is 4.30. The first-order chi connectivity index (χ1) is 13.2. The van der Waals surface area contributed by atoms with Gasteiger partial charge in [-0.1, -0.05) is 5.16 Å². The summed E-state index contributed by atoms with van der Waals surface area (Å²) >= 11 is 0. The van der Waals surface area contributed by atoms with Crippen LogP contribution >= 0.6 is 0 Å². The molecule has 0 bridgehead atoms. The lowest BCUT2D eigenvalue weighted by Crippen LogP contribution is -2.39. The van der Waals surface area contributed by atoms with E-state index in [0.29, 0.717) is 36.7 Å². The van der Waals surface area contributed by atoms with Crippen LogP contribution in [0, 0.1) is 19.8 Å². The van der Waals surface area contributed by atoms with Gasteiger partial charge in [-0.3, -0.25) is 9.78 Å². The van der Waals surface area contributed by atoms with Gasteiger partial charge in [0.05, 0.1) is 17.2 Å². The molecule has 150 valence electrons. The average molecular weight is 405 g/mol. The highest BCUT2D eigenvalue weighted by atomic mass is 32.2. The monoisotopic (exact) mass is 405 g/mol.